The molecular weight excluding hydrogens is 428 g/mol. The first-order valence-corrected chi connectivity index (χ1v) is 11.7. The predicted octanol–water partition coefficient (Wildman–Crippen LogP) is 4.85. The van der Waals surface area contributed by atoms with E-state index in [0.717, 1.165) is 18.7 Å². The molecule has 1 amide bonds. The molecule has 0 aliphatic carbocycles. The summed E-state index contributed by atoms with van der Waals surface area (Å²) in [6.07, 6.45) is 2.38. The van der Waals surface area contributed by atoms with Crippen LogP contribution in [0.25, 0.3) is 0 Å². The Hall–Kier alpha value is -3.51. The summed E-state index contributed by atoms with van der Waals surface area (Å²) in [5.41, 5.74) is 2.71. The number of carbonyl (C=O) groups excluding carboxylic acids is 1. The molecule has 1 aliphatic rings. The van der Waals surface area contributed by atoms with Gasteiger partial charge in [-0.2, -0.15) is 0 Å². The van der Waals surface area contributed by atoms with Gasteiger partial charge in [0.05, 0.1) is 20.3 Å². The van der Waals surface area contributed by atoms with E-state index in [9.17, 15) is 4.79 Å². The number of hydrogen-bond acceptors (Lipinski definition) is 5. The van der Waals surface area contributed by atoms with Gasteiger partial charge >= 0.3 is 0 Å². The molecule has 178 valence electrons. The maximum atomic E-state index is 13.1. The molecule has 0 bridgehead atoms. The minimum absolute atomic E-state index is 0.143. The van der Waals surface area contributed by atoms with E-state index >= 15 is 0 Å². The van der Waals surface area contributed by atoms with Crippen LogP contribution in [0.3, 0.4) is 0 Å². The van der Waals surface area contributed by atoms with Crippen LogP contribution >= 0.6 is 0 Å². The van der Waals surface area contributed by atoms with Crippen LogP contribution in [-0.4, -0.2) is 44.7 Å². The fourth-order valence-corrected chi connectivity index (χ4v) is 4.36. The van der Waals surface area contributed by atoms with Gasteiger partial charge < -0.3 is 19.5 Å². The van der Waals surface area contributed by atoms with Crippen molar-refractivity contribution >= 4 is 5.91 Å². The third-order valence-electron chi connectivity index (χ3n) is 6.17. The fourth-order valence-electron chi connectivity index (χ4n) is 4.36. The van der Waals surface area contributed by atoms with Crippen molar-refractivity contribution in [2.75, 3.05) is 33.9 Å². The Morgan fingerprint density at radius 2 is 1.50 bits per heavy atom. The number of nitrogens with one attached hydrogen (secondary N) is 1. The largest absolute Gasteiger partial charge is 0.493 e. The van der Waals surface area contributed by atoms with Crippen molar-refractivity contribution in [3.05, 3.63) is 89.5 Å². The van der Waals surface area contributed by atoms with Gasteiger partial charge in [0.2, 0.25) is 5.75 Å². The number of rotatable bonds is 10. The topological polar surface area (TPSA) is 60.0 Å². The minimum Gasteiger partial charge on any atom is -0.493 e. The summed E-state index contributed by atoms with van der Waals surface area (Å²) in [6, 6.07) is 23.8. The number of likely N-dealkylation sites (tertiary alicyclic amines) is 1. The second-order valence-electron chi connectivity index (χ2n) is 8.36. The lowest BCUT2D eigenvalue weighted by Gasteiger charge is -2.28. The summed E-state index contributed by atoms with van der Waals surface area (Å²) in [6.45, 7) is 2.99. The summed E-state index contributed by atoms with van der Waals surface area (Å²) in [5, 5.41) is 3.12. The molecule has 0 spiro atoms. The van der Waals surface area contributed by atoms with E-state index in [-0.39, 0.29) is 11.9 Å². The lowest BCUT2D eigenvalue weighted by molar-refractivity contribution is 0.0937. The number of ether oxygens (including phenoxy) is 3. The molecule has 1 fully saturated rings. The highest BCUT2D eigenvalue weighted by Gasteiger charge is 2.25. The van der Waals surface area contributed by atoms with Gasteiger partial charge in [-0.1, -0.05) is 60.7 Å². The zero-order chi connectivity index (χ0) is 23.8. The van der Waals surface area contributed by atoms with Crippen molar-refractivity contribution in [1.29, 1.82) is 0 Å². The van der Waals surface area contributed by atoms with Crippen LogP contribution in [0.4, 0.5) is 0 Å². The lowest BCUT2D eigenvalue weighted by atomic mass is 10.1. The molecule has 0 radical (unpaired) electrons. The van der Waals surface area contributed by atoms with E-state index in [0.29, 0.717) is 36.0 Å². The molecule has 6 nitrogen and oxygen atoms in total. The normalized spacial score (nSPS) is 14.4. The van der Waals surface area contributed by atoms with Crippen LogP contribution in [0.15, 0.2) is 72.8 Å². The van der Waals surface area contributed by atoms with E-state index in [2.05, 4.69) is 22.3 Å². The molecule has 6 heteroatoms. The van der Waals surface area contributed by atoms with Crippen LogP contribution < -0.4 is 19.5 Å². The molecule has 1 aliphatic heterocycles. The number of carbonyl (C=O) groups is 1. The quantitative estimate of drug-likeness (QED) is 0.469. The van der Waals surface area contributed by atoms with Gasteiger partial charge in [-0.15, -0.1) is 0 Å². The van der Waals surface area contributed by atoms with Crippen molar-refractivity contribution in [2.24, 2.45) is 0 Å². The highest BCUT2D eigenvalue weighted by molar-refractivity contribution is 5.95. The Morgan fingerprint density at radius 1 is 0.912 bits per heavy atom. The van der Waals surface area contributed by atoms with Crippen molar-refractivity contribution in [3.63, 3.8) is 0 Å². The summed E-state index contributed by atoms with van der Waals surface area (Å²) in [4.78, 5) is 15.6. The van der Waals surface area contributed by atoms with E-state index in [1.165, 1.54) is 18.4 Å². The molecule has 1 atom stereocenters. The Bertz CT molecular complexity index is 1040. The number of hydrogen-bond donors (Lipinski definition) is 1. The SMILES string of the molecule is COc1cc(C(=O)NCC(c2ccccc2)N2CCCC2)cc(OC)c1OCc1ccccc1. The molecule has 1 heterocycles. The number of amides is 1. The fraction of sp³-hybridized carbons (Fsp3) is 0.321. The van der Waals surface area contributed by atoms with Crippen LogP contribution in [0, 0.1) is 0 Å². The smallest absolute Gasteiger partial charge is 0.251 e. The molecule has 3 aromatic carbocycles. The zero-order valence-electron chi connectivity index (χ0n) is 19.8. The molecule has 4 rings (SSSR count). The molecule has 34 heavy (non-hydrogen) atoms. The lowest BCUT2D eigenvalue weighted by Crippen LogP contribution is -2.36. The van der Waals surface area contributed by atoms with Gasteiger partial charge in [0, 0.05) is 12.1 Å². The molecule has 0 aromatic heterocycles. The summed E-state index contributed by atoms with van der Waals surface area (Å²) in [5.74, 6) is 1.22. The average Bonchev–Trinajstić information content (AvgIpc) is 3.43. The third-order valence-corrected chi connectivity index (χ3v) is 6.17. The second-order valence-corrected chi connectivity index (χ2v) is 8.36. The van der Waals surface area contributed by atoms with Crippen LogP contribution in [-0.2, 0) is 6.61 Å². The summed E-state index contributed by atoms with van der Waals surface area (Å²) >= 11 is 0. The molecular formula is C28H32N2O4. The van der Waals surface area contributed by atoms with Gasteiger partial charge in [-0.05, 0) is 49.2 Å². The van der Waals surface area contributed by atoms with Gasteiger partial charge in [0.25, 0.3) is 5.91 Å². The average molecular weight is 461 g/mol. The Labute approximate surface area is 201 Å². The third kappa shape index (κ3) is 5.69. The van der Waals surface area contributed by atoms with Gasteiger partial charge in [-0.3, -0.25) is 9.69 Å². The van der Waals surface area contributed by atoms with Gasteiger partial charge in [-0.25, -0.2) is 0 Å². The number of benzene rings is 3. The van der Waals surface area contributed by atoms with Crippen molar-refractivity contribution in [1.82, 2.24) is 10.2 Å². The van der Waals surface area contributed by atoms with E-state index in [4.69, 9.17) is 14.2 Å². The zero-order valence-corrected chi connectivity index (χ0v) is 19.8. The predicted molar refractivity (Wildman–Crippen MR) is 133 cm³/mol. The second kappa shape index (κ2) is 11.6. The Kier molecular flexibility index (Phi) is 8.04. The van der Waals surface area contributed by atoms with Crippen LogP contribution in [0.1, 0.15) is 40.4 Å². The van der Waals surface area contributed by atoms with Crippen molar-refractivity contribution < 1.29 is 19.0 Å². The molecule has 1 saturated heterocycles. The monoisotopic (exact) mass is 460 g/mol. The van der Waals surface area contributed by atoms with Crippen molar-refractivity contribution in [2.45, 2.75) is 25.5 Å². The highest BCUT2D eigenvalue weighted by Crippen LogP contribution is 2.39. The first-order chi connectivity index (χ1) is 16.7. The van der Waals surface area contributed by atoms with Gasteiger partial charge in [0.15, 0.2) is 11.5 Å². The number of methoxy groups -OCH3 is 2. The van der Waals surface area contributed by atoms with Crippen LogP contribution in [0.2, 0.25) is 0 Å². The Balaban J connectivity index is 1.49. The van der Waals surface area contributed by atoms with Gasteiger partial charge in [0.1, 0.15) is 6.61 Å². The molecule has 1 unspecified atom stereocenters. The molecule has 1 N–H and O–H groups in total. The Morgan fingerprint density at radius 3 is 2.09 bits per heavy atom. The first-order valence-electron chi connectivity index (χ1n) is 11.7. The molecule has 3 aromatic rings. The first kappa shape index (κ1) is 23.6. The van der Waals surface area contributed by atoms with E-state index < -0.39 is 0 Å². The standard InChI is InChI=1S/C28H32N2O4/c1-32-25-17-23(18-26(33-2)27(25)34-20-21-11-5-3-6-12-21)28(31)29-19-24(30-15-9-10-16-30)22-13-7-4-8-14-22/h3-8,11-14,17-18,24H,9-10,15-16,19-20H2,1-2H3,(H,29,31). The maximum Gasteiger partial charge on any atom is 0.251 e. The van der Waals surface area contributed by atoms with E-state index in [1.54, 1.807) is 26.4 Å². The van der Waals surface area contributed by atoms with Crippen molar-refractivity contribution in [3.8, 4) is 17.2 Å². The van der Waals surface area contributed by atoms with Crippen LogP contribution in [0.5, 0.6) is 17.2 Å². The molecule has 0 saturated carbocycles. The summed E-state index contributed by atoms with van der Waals surface area (Å²) in [7, 11) is 3.12. The highest BCUT2D eigenvalue weighted by atomic mass is 16.5. The summed E-state index contributed by atoms with van der Waals surface area (Å²) < 4.78 is 17.1. The minimum atomic E-state index is -0.175. The maximum absolute atomic E-state index is 13.1. The number of nitrogens with zero attached hydrogens (tertiary/aromatic N) is 1. The van der Waals surface area contributed by atoms with E-state index in [1.807, 2.05) is 48.5 Å².